The Balaban J connectivity index is 1.55. The fraction of sp³-hybridized carbons (Fsp3) is 0.318. The monoisotopic (exact) mass is 376 g/mol. The molecule has 1 aliphatic rings. The van der Waals surface area contributed by atoms with E-state index in [9.17, 15) is 4.79 Å². The minimum absolute atomic E-state index is 0.129. The maximum Gasteiger partial charge on any atom is 0.322 e. The number of piperidine rings is 1. The molecular weight excluding hydrogens is 352 g/mol. The number of anilines is 1. The van der Waals surface area contributed by atoms with Crippen LogP contribution in [0.25, 0.3) is 11.4 Å². The molecule has 0 bridgehead atoms. The molecule has 28 heavy (non-hydrogen) atoms. The average Bonchev–Trinajstić information content (AvgIpc) is 3.21. The third-order valence-electron chi connectivity index (χ3n) is 5.15. The van der Waals surface area contributed by atoms with E-state index in [-0.39, 0.29) is 12.1 Å². The highest BCUT2D eigenvalue weighted by Crippen LogP contribution is 2.32. The Morgan fingerprint density at radius 3 is 2.75 bits per heavy atom. The van der Waals surface area contributed by atoms with Gasteiger partial charge >= 0.3 is 6.03 Å². The molecule has 1 fully saturated rings. The van der Waals surface area contributed by atoms with Crippen molar-refractivity contribution in [2.24, 2.45) is 0 Å². The van der Waals surface area contributed by atoms with Gasteiger partial charge in [0.05, 0.1) is 0 Å². The predicted octanol–water partition coefficient (Wildman–Crippen LogP) is 5.11. The highest BCUT2D eigenvalue weighted by atomic mass is 16.5. The lowest BCUT2D eigenvalue weighted by molar-refractivity contribution is 0.142. The van der Waals surface area contributed by atoms with Crippen LogP contribution in [0.4, 0.5) is 10.5 Å². The van der Waals surface area contributed by atoms with E-state index >= 15 is 0 Å². The van der Waals surface area contributed by atoms with E-state index in [1.165, 1.54) is 5.56 Å². The topological polar surface area (TPSA) is 71.3 Å². The normalized spacial score (nSPS) is 16.8. The second-order valence-electron chi connectivity index (χ2n) is 7.28. The molecule has 1 atom stereocenters. The molecule has 144 valence electrons. The Labute approximate surface area is 164 Å². The number of urea groups is 1. The van der Waals surface area contributed by atoms with Crippen LogP contribution in [0.3, 0.4) is 0 Å². The summed E-state index contributed by atoms with van der Waals surface area (Å²) in [5.74, 6) is 1.05. The molecule has 2 amide bonds. The largest absolute Gasteiger partial charge is 0.337 e. The molecule has 0 aliphatic carbocycles. The number of carbonyl (C=O) groups is 1. The number of hydrogen-bond acceptors (Lipinski definition) is 4. The maximum absolute atomic E-state index is 13.0. The SMILES string of the molecule is Cc1ccc(NC(=O)N2CCCCC2c2nc(-c3ccccc3)no2)c(C)c1. The van der Waals surface area contributed by atoms with Crippen LogP contribution in [0.5, 0.6) is 0 Å². The minimum Gasteiger partial charge on any atom is -0.337 e. The molecule has 2 aromatic carbocycles. The van der Waals surface area contributed by atoms with E-state index in [1.54, 1.807) is 0 Å². The van der Waals surface area contributed by atoms with Crippen molar-refractivity contribution in [1.29, 1.82) is 0 Å². The molecule has 2 heterocycles. The van der Waals surface area contributed by atoms with Crippen molar-refractivity contribution in [3.8, 4) is 11.4 Å². The molecule has 1 saturated heterocycles. The molecule has 0 saturated carbocycles. The van der Waals surface area contributed by atoms with Crippen LogP contribution in [0.1, 0.15) is 42.3 Å². The van der Waals surface area contributed by atoms with E-state index in [0.29, 0.717) is 18.3 Å². The molecule has 1 aliphatic heterocycles. The first-order valence-electron chi connectivity index (χ1n) is 9.66. The second-order valence-corrected chi connectivity index (χ2v) is 7.28. The van der Waals surface area contributed by atoms with Gasteiger partial charge in [0, 0.05) is 17.8 Å². The Morgan fingerprint density at radius 2 is 1.96 bits per heavy atom. The molecule has 1 aromatic heterocycles. The van der Waals surface area contributed by atoms with Gasteiger partial charge in [-0.1, -0.05) is 53.2 Å². The molecule has 1 N–H and O–H groups in total. The van der Waals surface area contributed by atoms with Crippen LogP contribution in [-0.4, -0.2) is 27.6 Å². The van der Waals surface area contributed by atoms with Crippen LogP contribution < -0.4 is 5.32 Å². The Kier molecular flexibility index (Phi) is 5.10. The van der Waals surface area contributed by atoms with Gasteiger partial charge in [0.2, 0.25) is 11.7 Å². The summed E-state index contributed by atoms with van der Waals surface area (Å²) in [5, 5.41) is 7.16. The van der Waals surface area contributed by atoms with E-state index in [0.717, 1.165) is 36.1 Å². The smallest absolute Gasteiger partial charge is 0.322 e. The molecule has 0 radical (unpaired) electrons. The summed E-state index contributed by atoms with van der Waals surface area (Å²) in [6.07, 6.45) is 2.81. The number of hydrogen-bond donors (Lipinski definition) is 1. The molecule has 0 spiro atoms. The van der Waals surface area contributed by atoms with Crippen molar-refractivity contribution in [1.82, 2.24) is 15.0 Å². The zero-order chi connectivity index (χ0) is 19.5. The maximum atomic E-state index is 13.0. The van der Waals surface area contributed by atoms with Gasteiger partial charge in [0.1, 0.15) is 6.04 Å². The van der Waals surface area contributed by atoms with Crippen LogP contribution in [0.15, 0.2) is 53.1 Å². The predicted molar refractivity (Wildman–Crippen MR) is 108 cm³/mol. The summed E-state index contributed by atoms with van der Waals surface area (Å²) in [6, 6.07) is 15.4. The third kappa shape index (κ3) is 3.76. The number of nitrogens with zero attached hydrogens (tertiary/aromatic N) is 3. The Bertz CT molecular complexity index is 968. The number of aryl methyl sites for hydroxylation is 2. The van der Waals surface area contributed by atoms with E-state index in [4.69, 9.17) is 4.52 Å². The van der Waals surface area contributed by atoms with Crippen molar-refractivity contribution >= 4 is 11.7 Å². The Hall–Kier alpha value is -3.15. The van der Waals surface area contributed by atoms with Crippen LogP contribution in [0, 0.1) is 13.8 Å². The summed E-state index contributed by atoms with van der Waals surface area (Å²) < 4.78 is 5.55. The number of benzene rings is 2. The third-order valence-corrected chi connectivity index (χ3v) is 5.15. The zero-order valence-electron chi connectivity index (χ0n) is 16.2. The zero-order valence-corrected chi connectivity index (χ0v) is 16.2. The first-order valence-corrected chi connectivity index (χ1v) is 9.66. The Morgan fingerprint density at radius 1 is 1.14 bits per heavy atom. The second kappa shape index (κ2) is 7.84. The highest BCUT2D eigenvalue weighted by molar-refractivity contribution is 5.90. The lowest BCUT2D eigenvalue weighted by Crippen LogP contribution is -2.41. The summed E-state index contributed by atoms with van der Waals surface area (Å²) in [7, 11) is 0. The first kappa shape index (κ1) is 18.2. The van der Waals surface area contributed by atoms with Crippen LogP contribution in [-0.2, 0) is 0 Å². The van der Waals surface area contributed by atoms with Gasteiger partial charge in [0.25, 0.3) is 0 Å². The van der Waals surface area contributed by atoms with Gasteiger partial charge in [-0.05, 0) is 44.7 Å². The number of rotatable bonds is 3. The van der Waals surface area contributed by atoms with Crippen molar-refractivity contribution < 1.29 is 9.32 Å². The van der Waals surface area contributed by atoms with E-state index in [2.05, 4.69) is 21.5 Å². The number of likely N-dealkylation sites (tertiary alicyclic amines) is 1. The summed E-state index contributed by atoms with van der Waals surface area (Å²) in [6.45, 7) is 4.71. The van der Waals surface area contributed by atoms with Crippen LogP contribution >= 0.6 is 0 Å². The van der Waals surface area contributed by atoms with E-state index < -0.39 is 0 Å². The molecule has 6 heteroatoms. The molecular formula is C22H24N4O2. The lowest BCUT2D eigenvalue weighted by atomic mass is 10.0. The van der Waals surface area contributed by atoms with Gasteiger partial charge in [-0.3, -0.25) is 0 Å². The van der Waals surface area contributed by atoms with Gasteiger partial charge in [-0.2, -0.15) is 4.98 Å². The first-order chi connectivity index (χ1) is 13.6. The number of amides is 2. The summed E-state index contributed by atoms with van der Waals surface area (Å²) >= 11 is 0. The summed E-state index contributed by atoms with van der Waals surface area (Å²) in [5.41, 5.74) is 3.95. The number of carbonyl (C=O) groups excluding carboxylic acids is 1. The molecule has 1 unspecified atom stereocenters. The molecule has 6 nitrogen and oxygen atoms in total. The highest BCUT2D eigenvalue weighted by Gasteiger charge is 2.32. The van der Waals surface area contributed by atoms with E-state index in [1.807, 2.05) is 61.2 Å². The minimum atomic E-state index is -0.204. The van der Waals surface area contributed by atoms with Gasteiger partial charge in [-0.15, -0.1) is 0 Å². The number of aromatic nitrogens is 2. The van der Waals surface area contributed by atoms with Crippen molar-refractivity contribution in [3.63, 3.8) is 0 Å². The fourth-order valence-corrected chi connectivity index (χ4v) is 3.65. The molecule has 4 rings (SSSR count). The van der Waals surface area contributed by atoms with Gasteiger partial charge in [-0.25, -0.2) is 4.79 Å². The van der Waals surface area contributed by atoms with Crippen molar-refractivity contribution in [3.05, 3.63) is 65.5 Å². The average molecular weight is 376 g/mol. The lowest BCUT2D eigenvalue weighted by Gasteiger charge is -2.33. The quantitative estimate of drug-likeness (QED) is 0.689. The summed E-state index contributed by atoms with van der Waals surface area (Å²) in [4.78, 5) is 19.4. The standard InChI is InChI=1S/C22H24N4O2/c1-15-11-12-18(16(2)14-15)23-22(27)26-13-7-6-10-19(26)21-24-20(25-28-21)17-8-4-3-5-9-17/h3-5,8-9,11-12,14,19H,6-7,10,13H2,1-2H3,(H,23,27). The van der Waals surface area contributed by atoms with Gasteiger partial charge in [0.15, 0.2) is 0 Å². The van der Waals surface area contributed by atoms with Crippen molar-refractivity contribution in [2.75, 3.05) is 11.9 Å². The fourth-order valence-electron chi connectivity index (χ4n) is 3.65. The van der Waals surface area contributed by atoms with Crippen molar-refractivity contribution in [2.45, 2.75) is 39.2 Å². The number of nitrogens with one attached hydrogen (secondary N) is 1. The van der Waals surface area contributed by atoms with Gasteiger partial charge < -0.3 is 14.7 Å². The van der Waals surface area contributed by atoms with Crippen LogP contribution in [0.2, 0.25) is 0 Å². The molecule has 3 aromatic rings.